The van der Waals surface area contributed by atoms with Gasteiger partial charge in [-0.25, -0.2) is 0 Å². The quantitative estimate of drug-likeness (QED) is 0.606. The van der Waals surface area contributed by atoms with E-state index in [0.29, 0.717) is 12.3 Å². The number of benzene rings is 1. The van der Waals surface area contributed by atoms with Crippen LogP contribution in [0.25, 0.3) is 0 Å². The molecule has 0 aliphatic heterocycles. The second kappa shape index (κ2) is 6.72. The molecule has 0 aliphatic carbocycles. The van der Waals surface area contributed by atoms with Gasteiger partial charge in [0, 0.05) is 5.70 Å². The summed E-state index contributed by atoms with van der Waals surface area (Å²) in [5.41, 5.74) is 7.60. The predicted molar refractivity (Wildman–Crippen MR) is 67.5 cm³/mol. The van der Waals surface area contributed by atoms with Gasteiger partial charge in [0.2, 0.25) is 0 Å². The highest BCUT2D eigenvalue weighted by Gasteiger charge is 1.98. The lowest BCUT2D eigenvalue weighted by molar-refractivity contribution is 0.207. The van der Waals surface area contributed by atoms with Gasteiger partial charge in [-0.3, -0.25) is 0 Å². The standard InChI is InChI=1S/C14H19NO/c1-3-4-10-14(12(2)15)16-11-13-8-6-5-7-9-13/h4-10H,3,11,15H2,1-2H3/b10-4-,14-12-. The Labute approximate surface area is 97.4 Å². The first-order valence-electron chi connectivity index (χ1n) is 5.53. The zero-order valence-corrected chi connectivity index (χ0v) is 9.94. The molecule has 0 saturated heterocycles. The fourth-order valence-electron chi connectivity index (χ4n) is 1.25. The lowest BCUT2D eigenvalue weighted by Gasteiger charge is -2.08. The van der Waals surface area contributed by atoms with E-state index < -0.39 is 0 Å². The molecular weight excluding hydrogens is 198 g/mol. The topological polar surface area (TPSA) is 35.2 Å². The van der Waals surface area contributed by atoms with Crippen molar-refractivity contribution in [1.82, 2.24) is 0 Å². The predicted octanol–water partition coefficient (Wildman–Crippen LogP) is 3.36. The first-order chi connectivity index (χ1) is 7.74. The molecule has 2 heteroatoms. The van der Waals surface area contributed by atoms with Crippen molar-refractivity contribution >= 4 is 0 Å². The van der Waals surface area contributed by atoms with Gasteiger partial charge < -0.3 is 10.5 Å². The average molecular weight is 217 g/mol. The lowest BCUT2D eigenvalue weighted by atomic mass is 10.2. The molecule has 0 unspecified atom stereocenters. The van der Waals surface area contributed by atoms with Gasteiger partial charge in [-0.15, -0.1) is 0 Å². The van der Waals surface area contributed by atoms with Crippen LogP contribution >= 0.6 is 0 Å². The van der Waals surface area contributed by atoms with E-state index in [2.05, 4.69) is 6.92 Å². The van der Waals surface area contributed by atoms with Gasteiger partial charge in [0.05, 0.1) is 0 Å². The van der Waals surface area contributed by atoms with Crippen LogP contribution < -0.4 is 5.73 Å². The molecule has 2 nitrogen and oxygen atoms in total. The Bertz CT molecular complexity index is 362. The summed E-state index contributed by atoms with van der Waals surface area (Å²) >= 11 is 0. The van der Waals surface area contributed by atoms with Crippen molar-refractivity contribution in [3.05, 3.63) is 59.5 Å². The van der Waals surface area contributed by atoms with Crippen LogP contribution in [0, 0.1) is 0 Å². The smallest absolute Gasteiger partial charge is 0.137 e. The Morgan fingerprint density at radius 1 is 1.31 bits per heavy atom. The van der Waals surface area contributed by atoms with Crippen molar-refractivity contribution in [2.75, 3.05) is 0 Å². The Kier molecular flexibility index (Phi) is 5.20. The summed E-state index contributed by atoms with van der Waals surface area (Å²) in [6.45, 7) is 4.48. The molecule has 0 heterocycles. The average Bonchev–Trinajstić information content (AvgIpc) is 2.30. The van der Waals surface area contributed by atoms with Crippen LogP contribution in [0.15, 0.2) is 53.9 Å². The second-order valence-electron chi connectivity index (χ2n) is 3.63. The molecule has 0 saturated carbocycles. The molecule has 0 atom stereocenters. The van der Waals surface area contributed by atoms with E-state index >= 15 is 0 Å². The Morgan fingerprint density at radius 3 is 2.56 bits per heavy atom. The molecule has 1 aromatic rings. The number of rotatable bonds is 5. The summed E-state index contributed by atoms with van der Waals surface area (Å²) in [5.74, 6) is 0.755. The summed E-state index contributed by atoms with van der Waals surface area (Å²) in [7, 11) is 0. The molecule has 0 aliphatic rings. The van der Waals surface area contributed by atoms with E-state index in [1.165, 1.54) is 0 Å². The van der Waals surface area contributed by atoms with Crippen LogP contribution in [0.4, 0.5) is 0 Å². The maximum absolute atomic E-state index is 5.74. The minimum absolute atomic E-state index is 0.554. The molecule has 16 heavy (non-hydrogen) atoms. The van der Waals surface area contributed by atoms with Crippen molar-refractivity contribution in [1.29, 1.82) is 0 Å². The minimum Gasteiger partial charge on any atom is -0.487 e. The highest BCUT2D eigenvalue weighted by Crippen LogP contribution is 2.09. The molecule has 1 rings (SSSR count). The number of nitrogens with two attached hydrogens (primary N) is 1. The van der Waals surface area contributed by atoms with E-state index in [9.17, 15) is 0 Å². The van der Waals surface area contributed by atoms with E-state index in [1.807, 2.05) is 49.4 Å². The van der Waals surface area contributed by atoms with Crippen molar-refractivity contribution < 1.29 is 4.74 Å². The van der Waals surface area contributed by atoms with E-state index in [-0.39, 0.29) is 0 Å². The molecule has 86 valence electrons. The Morgan fingerprint density at radius 2 is 2.00 bits per heavy atom. The Hall–Kier alpha value is -1.70. The van der Waals surface area contributed by atoms with Crippen molar-refractivity contribution in [2.45, 2.75) is 26.9 Å². The van der Waals surface area contributed by atoms with Crippen LogP contribution in [0.1, 0.15) is 25.8 Å². The van der Waals surface area contributed by atoms with Gasteiger partial charge in [-0.05, 0) is 25.0 Å². The molecule has 0 fully saturated rings. The number of hydrogen-bond acceptors (Lipinski definition) is 2. The van der Waals surface area contributed by atoms with Gasteiger partial charge in [0.1, 0.15) is 12.4 Å². The Balaban J connectivity index is 2.58. The third kappa shape index (κ3) is 4.22. The van der Waals surface area contributed by atoms with Gasteiger partial charge >= 0.3 is 0 Å². The molecule has 1 aromatic carbocycles. The summed E-state index contributed by atoms with van der Waals surface area (Å²) in [6, 6.07) is 10.1. The third-order valence-electron chi connectivity index (χ3n) is 2.13. The molecule has 0 spiro atoms. The van der Waals surface area contributed by atoms with Crippen molar-refractivity contribution in [3.63, 3.8) is 0 Å². The molecule has 2 N–H and O–H groups in total. The first kappa shape index (κ1) is 12.4. The number of allylic oxidation sites excluding steroid dienone is 3. The number of hydrogen-bond donors (Lipinski definition) is 1. The largest absolute Gasteiger partial charge is 0.487 e. The zero-order chi connectivity index (χ0) is 11.8. The highest BCUT2D eigenvalue weighted by molar-refractivity contribution is 5.18. The van der Waals surface area contributed by atoms with Gasteiger partial charge in [0.25, 0.3) is 0 Å². The van der Waals surface area contributed by atoms with E-state index in [4.69, 9.17) is 10.5 Å². The maximum atomic E-state index is 5.74. The first-order valence-corrected chi connectivity index (χ1v) is 5.53. The minimum atomic E-state index is 0.554. The van der Waals surface area contributed by atoms with Crippen LogP contribution in [0.5, 0.6) is 0 Å². The molecular formula is C14H19NO. The fraction of sp³-hybridized carbons (Fsp3) is 0.286. The molecule has 0 bridgehead atoms. The lowest BCUT2D eigenvalue weighted by Crippen LogP contribution is -2.01. The van der Waals surface area contributed by atoms with Crippen molar-refractivity contribution in [2.24, 2.45) is 5.73 Å². The second-order valence-corrected chi connectivity index (χ2v) is 3.63. The zero-order valence-electron chi connectivity index (χ0n) is 9.94. The SMILES string of the molecule is CC/C=C\C(OCc1ccccc1)=C(/C)N. The third-order valence-corrected chi connectivity index (χ3v) is 2.13. The van der Waals surface area contributed by atoms with Crippen LogP contribution in [0.2, 0.25) is 0 Å². The van der Waals surface area contributed by atoms with Crippen LogP contribution in [-0.2, 0) is 11.3 Å². The van der Waals surface area contributed by atoms with Crippen molar-refractivity contribution in [3.8, 4) is 0 Å². The van der Waals surface area contributed by atoms with Crippen LogP contribution in [-0.4, -0.2) is 0 Å². The highest BCUT2D eigenvalue weighted by atomic mass is 16.5. The monoisotopic (exact) mass is 217 g/mol. The molecule has 0 radical (unpaired) electrons. The molecule has 0 amide bonds. The summed E-state index contributed by atoms with van der Waals surface area (Å²) < 4.78 is 5.66. The fourth-order valence-corrected chi connectivity index (χ4v) is 1.25. The summed E-state index contributed by atoms with van der Waals surface area (Å²) in [5, 5.41) is 0. The van der Waals surface area contributed by atoms with Gasteiger partial charge in [-0.2, -0.15) is 0 Å². The van der Waals surface area contributed by atoms with Crippen LogP contribution in [0.3, 0.4) is 0 Å². The number of ether oxygens (including phenoxy) is 1. The normalized spacial score (nSPS) is 12.6. The van der Waals surface area contributed by atoms with Gasteiger partial charge in [0.15, 0.2) is 0 Å². The maximum Gasteiger partial charge on any atom is 0.137 e. The van der Waals surface area contributed by atoms with Gasteiger partial charge in [-0.1, -0.05) is 43.3 Å². The van der Waals surface area contributed by atoms with E-state index in [0.717, 1.165) is 17.7 Å². The summed E-state index contributed by atoms with van der Waals surface area (Å²) in [6.07, 6.45) is 4.94. The summed E-state index contributed by atoms with van der Waals surface area (Å²) in [4.78, 5) is 0. The van der Waals surface area contributed by atoms with E-state index in [1.54, 1.807) is 0 Å². The molecule has 0 aromatic heterocycles.